The Balaban J connectivity index is 2.06. The molecule has 0 aromatic carbocycles. The third-order valence-electron chi connectivity index (χ3n) is 3.23. The molecule has 1 aromatic heterocycles. The summed E-state index contributed by atoms with van der Waals surface area (Å²) in [5.41, 5.74) is 0.381. The number of carbonyl (C=O) groups excluding carboxylic acids is 1. The van der Waals surface area contributed by atoms with Gasteiger partial charge in [0, 0.05) is 13.1 Å². The van der Waals surface area contributed by atoms with Crippen molar-refractivity contribution in [1.29, 1.82) is 0 Å². The molecule has 4 nitrogen and oxygen atoms in total. The van der Waals surface area contributed by atoms with Gasteiger partial charge in [-0.25, -0.2) is 0 Å². The van der Waals surface area contributed by atoms with E-state index in [-0.39, 0.29) is 5.91 Å². The molecule has 5 heteroatoms. The first-order chi connectivity index (χ1) is 8.20. The maximum Gasteiger partial charge on any atom is 0.274 e. The predicted octanol–water partition coefficient (Wildman–Crippen LogP) is 2.39. The molecule has 1 aromatic rings. The Morgan fingerprint density at radius 1 is 1.53 bits per heavy atom. The summed E-state index contributed by atoms with van der Waals surface area (Å²) >= 11 is 5.65. The molecule has 2 rings (SSSR count). The summed E-state index contributed by atoms with van der Waals surface area (Å²) in [5.74, 6) is 0.584. The minimum Gasteiger partial charge on any atom is -0.337 e. The van der Waals surface area contributed by atoms with Gasteiger partial charge < -0.3 is 4.90 Å². The van der Waals surface area contributed by atoms with E-state index in [9.17, 15) is 4.79 Å². The molecule has 2 heterocycles. The van der Waals surface area contributed by atoms with Gasteiger partial charge in [-0.2, -0.15) is 0 Å². The van der Waals surface area contributed by atoms with Gasteiger partial charge in [-0.15, -0.1) is 10.2 Å². The van der Waals surface area contributed by atoms with Crippen LogP contribution in [0.25, 0.3) is 0 Å². The highest BCUT2D eigenvalue weighted by atomic mass is 35.5. The van der Waals surface area contributed by atoms with Crippen molar-refractivity contribution in [3.63, 3.8) is 0 Å². The minimum absolute atomic E-state index is 0.0349. The summed E-state index contributed by atoms with van der Waals surface area (Å²) in [6, 6.07) is 3.23. The molecule has 1 unspecified atom stereocenters. The molecule has 1 aliphatic heterocycles. The fraction of sp³-hybridized carbons (Fsp3) is 0.583. The van der Waals surface area contributed by atoms with Gasteiger partial charge in [0.05, 0.1) is 0 Å². The van der Waals surface area contributed by atoms with Crippen LogP contribution in [0.2, 0.25) is 5.15 Å². The molecule has 1 amide bonds. The fourth-order valence-corrected chi connectivity index (χ4v) is 2.28. The van der Waals surface area contributed by atoms with Crippen LogP contribution in [0.1, 0.15) is 36.7 Å². The van der Waals surface area contributed by atoms with E-state index in [1.165, 1.54) is 6.42 Å². The molecule has 1 saturated heterocycles. The molecule has 1 aliphatic rings. The van der Waals surface area contributed by atoms with Crippen molar-refractivity contribution in [1.82, 2.24) is 15.1 Å². The number of amides is 1. The van der Waals surface area contributed by atoms with Gasteiger partial charge in [0.1, 0.15) is 0 Å². The first-order valence-electron chi connectivity index (χ1n) is 5.99. The van der Waals surface area contributed by atoms with E-state index >= 15 is 0 Å². The average molecular weight is 254 g/mol. The molecule has 0 spiro atoms. The van der Waals surface area contributed by atoms with Crippen LogP contribution in [0.5, 0.6) is 0 Å². The molecule has 17 heavy (non-hydrogen) atoms. The van der Waals surface area contributed by atoms with Crippen LogP contribution in [0, 0.1) is 5.92 Å². The van der Waals surface area contributed by atoms with Gasteiger partial charge in [0.15, 0.2) is 10.8 Å². The second-order valence-electron chi connectivity index (χ2n) is 4.41. The molecule has 0 N–H and O–H groups in total. The Kier molecular flexibility index (Phi) is 3.94. The zero-order valence-corrected chi connectivity index (χ0v) is 10.7. The number of hydrogen-bond acceptors (Lipinski definition) is 3. The number of nitrogens with zero attached hydrogens (tertiary/aromatic N) is 3. The lowest BCUT2D eigenvalue weighted by Gasteiger charge is -2.31. The number of piperidine rings is 1. The fourth-order valence-electron chi connectivity index (χ4n) is 2.17. The first-order valence-corrected chi connectivity index (χ1v) is 6.37. The molecule has 0 saturated carbocycles. The molecule has 0 bridgehead atoms. The molecular weight excluding hydrogens is 238 g/mol. The molecule has 92 valence electrons. The molecule has 1 atom stereocenters. The Morgan fingerprint density at radius 2 is 2.35 bits per heavy atom. The van der Waals surface area contributed by atoms with Crippen LogP contribution in [0.3, 0.4) is 0 Å². The maximum atomic E-state index is 12.2. The SMILES string of the molecule is CCC1CCCN(C(=O)c2ccc(Cl)nn2)C1. The van der Waals surface area contributed by atoms with Gasteiger partial charge >= 0.3 is 0 Å². The largest absolute Gasteiger partial charge is 0.337 e. The van der Waals surface area contributed by atoms with E-state index in [2.05, 4.69) is 17.1 Å². The highest BCUT2D eigenvalue weighted by molar-refractivity contribution is 6.29. The number of carbonyl (C=O) groups is 1. The van der Waals surface area contributed by atoms with Gasteiger partial charge in [-0.3, -0.25) is 4.79 Å². The summed E-state index contributed by atoms with van der Waals surface area (Å²) in [4.78, 5) is 14.0. The average Bonchev–Trinajstić information content (AvgIpc) is 2.39. The Bertz CT molecular complexity index is 393. The van der Waals surface area contributed by atoms with Gasteiger partial charge in [-0.05, 0) is 30.9 Å². The third-order valence-corrected chi connectivity index (χ3v) is 3.44. The van der Waals surface area contributed by atoms with Crippen molar-refractivity contribution in [3.8, 4) is 0 Å². The van der Waals surface area contributed by atoms with Crippen molar-refractivity contribution in [2.75, 3.05) is 13.1 Å². The second kappa shape index (κ2) is 5.45. The van der Waals surface area contributed by atoms with Crippen molar-refractivity contribution in [3.05, 3.63) is 23.0 Å². The second-order valence-corrected chi connectivity index (χ2v) is 4.80. The van der Waals surface area contributed by atoms with E-state index < -0.39 is 0 Å². The van der Waals surface area contributed by atoms with E-state index in [1.807, 2.05) is 4.90 Å². The minimum atomic E-state index is -0.0349. The maximum absolute atomic E-state index is 12.2. The number of likely N-dealkylation sites (tertiary alicyclic amines) is 1. The highest BCUT2D eigenvalue weighted by Gasteiger charge is 2.24. The molecule has 0 radical (unpaired) electrons. The molecule has 0 aliphatic carbocycles. The monoisotopic (exact) mass is 253 g/mol. The summed E-state index contributed by atoms with van der Waals surface area (Å²) in [5, 5.41) is 7.84. The zero-order chi connectivity index (χ0) is 12.3. The Morgan fingerprint density at radius 3 is 3.00 bits per heavy atom. The van der Waals surface area contributed by atoms with Crippen molar-refractivity contribution in [2.24, 2.45) is 5.92 Å². The van der Waals surface area contributed by atoms with Crippen molar-refractivity contribution in [2.45, 2.75) is 26.2 Å². The third kappa shape index (κ3) is 2.94. The van der Waals surface area contributed by atoms with Crippen LogP contribution in [0.15, 0.2) is 12.1 Å². The van der Waals surface area contributed by atoms with Crippen LogP contribution < -0.4 is 0 Å². The zero-order valence-electron chi connectivity index (χ0n) is 9.90. The quantitative estimate of drug-likeness (QED) is 0.813. The summed E-state index contributed by atoms with van der Waals surface area (Å²) < 4.78 is 0. The van der Waals surface area contributed by atoms with Crippen LogP contribution in [-0.4, -0.2) is 34.1 Å². The lowest BCUT2D eigenvalue weighted by atomic mass is 9.95. The van der Waals surface area contributed by atoms with Crippen LogP contribution in [0.4, 0.5) is 0 Å². The van der Waals surface area contributed by atoms with Crippen molar-refractivity contribution < 1.29 is 4.79 Å². The lowest BCUT2D eigenvalue weighted by Crippen LogP contribution is -2.40. The topological polar surface area (TPSA) is 46.1 Å². The smallest absolute Gasteiger partial charge is 0.274 e. The first kappa shape index (κ1) is 12.3. The van der Waals surface area contributed by atoms with Crippen LogP contribution in [-0.2, 0) is 0 Å². The summed E-state index contributed by atoms with van der Waals surface area (Å²) in [6.45, 7) is 3.82. The standard InChI is InChI=1S/C12H16ClN3O/c1-2-9-4-3-7-16(8-9)12(17)10-5-6-11(13)15-14-10/h5-6,9H,2-4,7-8H2,1H3. The van der Waals surface area contributed by atoms with Gasteiger partial charge in [0.2, 0.25) is 0 Å². The number of rotatable bonds is 2. The highest BCUT2D eigenvalue weighted by Crippen LogP contribution is 2.20. The van der Waals surface area contributed by atoms with Crippen LogP contribution >= 0.6 is 11.6 Å². The number of halogens is 1. The summed E-state index contributed by atoms with van der Waals surface area (Å²) in [6.07, 6.45) is 3.41. The predicted molar refractivity (Wildman–Crippen MR) is 66.0 cm³/mol. The number of hydrogen-bond donors (Lipinski definition) is 0. The molecule has 1 fully saturated rings. The molecular formula is C12H16ClN3O. The Labute approximate surface area is 106 Å². The van der Waals surface area contributed by atoms with E-state index in [0.717, 1.165) is 25.9 Å². The van der Waals surface area contributed by atoms with E-state index in [4.69, 9.17) is 11.6 Å². The van der Waals surface area contributed by atoms with E-state index in [1.54, 1.807) is 12.1 Å². The van der Waals surface area contributed by atoms with Crippen molar-refractivity contribution >= 4 is 17.5 Å². The van der Waals surface area contributed by atoms with E-state index in [0.29, 0.717) is 16.8 Å². The normalized spacial score (nSPS) is 20.4. The van der Waals surface area contributed by atoms with Gasteiger partial charge in [0.25, 0.3) is 5.91 Å². The van der Waals surface area contributed by atoms with Gasteiger partial charge in [-0.1, -0.05) is 24.9 Å². The Hall–Kier alpha value is -1.16. The lowest BCUT2D eigenvalue weighted by molar-refractivity contribution is 0.0664. The number of aromatic nitrogens is 2. The summed E-state index contributed by atoms with van der Waals surface area (Å²) in [7, 11) is 0.